The molecule has 1 aliphatic rings. The molecule has 154 valence electrons. The average Bonchev–Trinajstić information content (AvgIpc) is 2.75. The molecule has 0 atom stereocenters. The van der Waals surface area contributed by atoms with Crippen molar-refractivity contribution in [2.24, 2.45) is 5.16 Å². The maximum absolute atomic E-state index is 9.71. The van der Waals surface area contributed by atoms with Crippen LogP contribution in [-0.4, -0.2) is 33.0 Å². The Kier molecular flexibility index (Phi) is 6.14. The maximum atomic E-state index is 9.71. The van der Waals surface area contributed by atoms with Gasteiger partial charge >= 0.3 is 0 Å². The number of nitrogens with zero attached hydrogens (tertiary/aromatic N) is 3. The number of benzene rings is 1. The summed E-state index contributed by atoms with van der Waals surface area (Å²) < 4.78 is 0. The van der Waals surface area contributed by atoms with E-state index in [4.69, 9.17) is 21.8 Å². The third kappa shape index (κ3) is 4.39. The molecule has 0 aliphatic heterocycles. The summed E-state index contributed by atoms with van der Waals surface area (Å²) in [6, 6.07) is 9.18. The lowest BCUT2D eigenvalue weighted by molar-refractivity contribution is 0.321. The van der Waals surface area contributed by atoms with Crippen LogP contribution in [-0.2, 0) is 6.42 Å². The van der Waals surface area contributed by atoms with E-state index in [9.17, 15) is 5.11 Å². The van der Waals surface area contributed by atoms with Gasteiger partial charge in [0.05, 0.1) is 22.8 Å². The molecule has 0 fully saturated rings. The van der Waals surface area contributed by atoms with E-state index in [-0.39, 0.29) is 11.4 Å². The highest BCUT2D eigenvalue weighted by atomic mass is 35.5. The van der Waals surface area contributed by atoms with Gasteiger partial charge in [0.1, 0.15) is 11.4 Å². The number of aromatic nitrogens is 2. The number of rotatable bonds is 7. The zero-order chi connectivity index (χ0) is 20.9. The third-order valence-corrected chi connectivity index (χ3v) is 5.40. The first-order valence-corrected chi connectivity index (χ1v) is 10.4. The molecule has 2 heterocycles. The van der Waals surface area contributed by atoms with Gasteiger partial charge in [0, 0.05) is 27.9 Å². The molecule has 1 aromatic carbocycles. The van der Waals surface area contributed by atoms with Crippen LogP contribution in [0, 0.1) is 0 Å². The number of oxime groups is 1. The molecule has 0 bridgehead atoms. The smallest absolute Gasteiger partial charge is 0.142 e. The predicted octanol–water partition coefficient (Wildman–Crippen LogP) is 3.59. The largest absolute Gasteiger partial charge is 0.506 e. The number of aryl methyl sites for hydroxylation is 1. The summed E-state index contributed by atoms with van der Waals surface area (Å²) in [7, 11) is 0. The van der Waals surface area contributed by atoms with Gasteiger partial charge in [-0.05, 0) is 62.4 Å². The molecule has 3 N–H and O–H groups in total. The molecule has 0 amide bonds. The fourth-order valence-electron chi connectivity index (χ4n) is 3.71. The lowest BCUT2D eigenvalue weighted by atomic mass is 10.1. The van der Waals surface area contributed by atoms with Crippen molar-refractivity contribution in [1.82, 2.24) is 9.97 Å². The van der Waals surface area contributed by atoms with Gasteiger partial charge in [0.15, 0.2) is 0 Å². The molecule has 2 aromatic heterocycles. The Hall–Kier alpha value is -3.12. The molecule has 0 spiro atoms. The molecule has 6 nitrogen and oxygen atoms in total. The summed E-state index contributed by atoms with van der Waals surface area (Å²) in [6.07, 6.45) is 10.3. The topological polar surface area (TPSA) is 90.6 Å². The minimum Gasteiger partial charge on any atom is -0.506 e. The maximum Gasteiger partial charge on any atom is 0.142 e. The molecule has 0 saturated carbocycles. The number of hydrogen-bond donors (Lipinski definition) is 3. The van der Waals surface area contributed by atoms with Crippen LogP contribution in [0.3, 0.4) is 0 Å². The normalized spacial score (nSPS) is 13.1. The number of halogens is 1. The summed E-state index contributed by atoms with van der Waals surface area (Å²) in [6.45, 7) is 0.814. The van der Waals surface area contributed by atoms with Gasteiger partial charge in [-0.15, -0.1) is 0 Å². The standard InChI is InChI=1S/C23H23ClN4O2/c24-15-8-10-20-18(13-15)23(17-6-1-2-7-19(17)28-20)25-12-4-3-5-16-9-11-22(29)21(27-16)14-26-30/h6-11,13-14,25,29-30H,1-5,12H2/b26-14-. The van der Waals surface area contributed by atoms with Crippen LogP contribution in [0.25, 0.3) is 23.1 Å². The van der Waals surface area contributed by atoms with Crippen LogP contribution in [0.5, 0.6) is 5.75 Å². The fourth-order valence-corrected chi connectivity index (χ4v) is 3.88. The van der Waals surface area contributed by atoms with E-state index in [1.54, 1.807) is 12.1 Å². The average molecular weight is 423 g/mol. The first-order chi connectivity index (χ1) is 14.7. The summed E-state index contributed by atoms with van der Waals surface area (Å²) in [5, 5.41) is 28.8. The minimum absolute atomic E-state index is 0.000675. The molecule has 4 rings (SSSR count). The van der Waals surface area contributed by atoms with Gasteiger partial charge in [-0.1, -0.05) is 28.9 Å². The second-order valence-corrected chi connectivity index (χ2v) is 7.70. The SMILES string of the molecule is O/N=C\c1nc(CCCCNc2c3c(nc4ccc(Cl)cc24)=CCCC=3)ccc1O. The second-order valence-electron chi connectivity index (χ2n) is 7.27. The Morgan fingerprint density at radius 2 is 1.97 bits per heavy atom. The zero-order valence-electron chi connectivity index (χ0n) is 16.5. The van der Waals surface area contributed by atoms with Crippen LogP contribution in [0.1, 0.15) is 37.1 Å². The van der Waals surface area contributed by atoms with Gasteiger partial charge in [-0.3, -0.25) is 0 Å². The second kappa shape index (κ2) is 9.13. The molecule has 1 aliphatic carbocycles. The zero-order valence-corrected chi connectivity index (χ0v) is 17.2. The van der Waals surface area contributed by atoms with E-state index in [0.717, 1.165) is 77.7 Å². The predicted molar refractivity (Wildman–Crippen MR) is 121 cm³/mol. The van der Waals surface area contributed by atoms with E-state index >= 15 is 0 Å². The first-order valence-electron chi connectivity index (χ1n) is 10.1. The molecule has 0 saturated heterocycles. The molecule has 0 unspecified atom stereocenters. The van der Waals surface area contributed by atoms with Crippen LogP contribution in [0.4, 0.5) is 5.69 Å². The van der Waals surface area contributed by atoms with E-state index in [0.29, 0.717) is 5.02 Å². The van der Waals surface area contributed by atoms with Crippen molar-refractivity contribution >= 4 is 46.6 Å². The van der Waals surface area contributed by atoms with Crippen molar-refractivity contribution in [2.75, 3.05) is 11.9 Å². The quantitative estimate of drug-likeness (QED) is 0.234. The van der Waals surface area contributed by atoms with Crippen molar-refractivity contribution in [3.8, 4) is 5.75 Å². The first kappa shape index (κ1) is 20.2. The number of hydrogen-bond acceptors (Lipinski definition) is 6. The van der Waals surface area contributed by atoms with E-state index < -0.39 is 0 Å². The highest BCUT2D eigenvalue weighted by Gasteiger charge is 2.09. The lowest BCUT2D eigenvalue weighted by Crippen LogP contribution is -2.33. The van der Waals surface area contributed by atoms with Crippen LogP contribution >= 0.6 is 11.6 Å². The molecule has 30 heavy (non-hydrogen) atoms. The Morgan fingerprint density at radius 3 is 2.83 bits per heavy atom. The number of unbranched alkanes of at least 4 members (excludes halogenated alkanes) is 1. The van der Waals surface area contributed by atoms with Crippen LogP contribution < -0.4 is 15.9 Å². The number of aromatic hydroxyl groups is 1. The highest BCUT2D eigenvalue weighted by molar-refractivity contribution is 6.31. The van der Waals surface area contributed by atoms with E-state index in [1.165, 1.54) is 0 Å². The summed E-state index contributed by atoms with van der Waals surface area (Å²) in [4.78, 5) is 9.10. The van der Waals surface area contributed by atoms with Gasteiger partial charge in [0.25, 0.3) is 0 Å². The molecular weight excluding hydrogens is 400 g/mol. The van der Waals surface area contributed by atoms with Crippen molar-refractivity contribution in [1.29, 1.82) is 0 Å². The Balaban J connectivity index is 1.46. The highest BCUT2D eigenvalue weighted by Crippen LogP contribution is 2.22. The summed E-state index contributed by atoms with van der Waals surface area (Å²) >= 11 is 6.25. The third-order valence-electron chi connectivity index (χ3n) is 5.17. The summed E-state index contributed by atoms with van der Waals surface area (Å²) in [5.41, 5.74) is 3.16. The number of nitrogens with one attached hydrogen (secondary N) is 1. The molecular formula is C23H23ClN4O2. The number of pyridine rings is 2. The molecule has 3 aromatic rings. The Bertz CT molecular complexity index is 1220. The monoisotopic (exact) mass is 422 g/mol. The number of anilines is 1. The van der Waals surface area contributed by atoms with Gasteiger partial charge in [-0.2, -0.15) is 0 Å². The Morgan fingerprint density at radius 1 is 1.10 bits per heavy atom. The molecule has 7 heteroatoms. The van der Waals surface area contributed by atoms with Gasteiger partial charge in [-0.25, -0.2) is 9.97 Å². The molecule has 0 radical (unpaired) electrons. The van der Waals surface area contributed by atoms with Crippen molar-refractivity contribution in [3.63, 3.8) is 0 Å². The van der Waals surface area contributed by atoms with Crippen molar-refractivity contribution < 1.29 is 10.3 Å². The van der Waals surface area contributed by atoms with Crippen molar-refractivity contribution in [2.45, 2.75) is 32.1 Å². The van der Waals surface area contributed by atoms with E-state index in [1.807, 2.05) is 18.2 Å². The van der Waals surface area contributed by atoms with Crippen LogP contribution in [0.15, 0.2) is 35.5 Å². The Labute approximate surface area is 179 Å². The summed E-state index contributed by atoms with van der Waals surface area (Å²) in [5.74, 6) is -0.000675. The minimum atomic E-state index is -0.000675. The fraction of sp³-hybridized carbons (Fsp3) is 0.261. The van der Waals surface area contributed by atoms with Gasteiger partial charge < -0.3 is 15.6 Å². The van der Waals surface area contributed by atoms with Crippen molar-refractivity contribution in [3.05, 3.63) is 57.3 Å². The van der Waals surface area contributed by atoms with E-state index in [2.05, 4.69) is 27.6 Å². The lowest BCUT2D eigenvalue weighted by Gasteiger charge is -2.13. The van der Waals surface area contributed by atoms with Crippen LogP contribution in [0.2, 0.25) is 5.02 Å². The van der Waals surface area contributed by atoms with Gasteiger partial charge in [0.2, 0.25) is 0 Å². The number of fused-ring (bicyclic) bond motifs is 2.